The van der Waals surface area contributed by atoms with Crippen molar-refractivity contribution in [3.63, 3.8) is 0 Å². The minimum Gasteiger partial charge on any atom is -0.394 e. The normalized spacial score (nSPS) is 29.8. The van der Waals surface area contributed by atoms with Crippen molar-refractivity contribution < 1.29 is 20.1 Å². The van der Waals surface area contributed by atoms with Crippen molar-refractivity contribution in [3.8, 4) is 10.6 Å². The Labute approximate surface area is 120 Å². The first-order valence-corrected chi connectivity index (χ1v) is 7.21. The van der Waals surface area contributed by atoms with Gasteiger partial charge >= 0.3 is 0 Å². The molecule has 3 heterocycles. The lowest BCUT2D eigenvalue weighted by Gasteiger charge is -2.14. The van der Waals surface area contributed by atoms with Crippen molar-refractivity contribution >= 4 is 11.3 Å². The molecule has 0 unspecified atom stereocenters. The first-order valence-electron chi connectivity index (χ1n) is 6.33. The third-order valence-corrected chi connectivity index (χ3v) is 4.32. The van der Waals surface area contributed by atoms with Crippen LogP contribution >= 0.6 is 11.3 Å². The summed E-state index contributed by atoms with van der Waals surface area (Å²) < 4.78 is 5.46. The number of nitrogens with zero attached hydrogens (tertiary/aromatic N) is 1. The molecule has 0 saturated carbocycles. The highest BCUT2D eigenvalue weighted by atomic mass is 32.1. The number of aromatic nitrogens is 1. The van der Waals surface area contributed by atoms with Crippen molar-refractivity contribution in [1.82, 2.24) is 4.98 Å². The van der Waals surface area contributed by atoms with E-state index in [-0.39, 0.29) is 6.61 Å². The van der Waals surface area contributed by atoms with E-state index >= 15 is 0 Å². The summed E-state index contributed by atoms with van der Waals surface area (Å²) in [5.74, 6) is 0. The lowest BCUT2D eigenvalue weighted by atomic mass is 10.0. The standard InChI is InChI=1S/C14H15NO4S/c16-7-10-12(17)13(18)14(19-10)8-3-4-9(15-6-8)11-2-1-5-20-11/h1-6,10,12-14,16-18H,7H2/t10-,12-,13-,14+/m1/s1. The number of hydrogen-bond donors (Lipinski definition) is 3. The molecule has 1 saturated heterocycles. The molecule has 3 rings (SSSR count). The Morgan fingerprint density at radius 1 is 1.20 bits per heavy atom. The van der Waals surface area contributed by atoms with E-state index < -0.39 is 24.4 Å². The maximum Gasteiger partial charge on any atom is 0.113 e. The molecule has 20 heavy (non-hydrogen) atoms. The molecular formula is C14H15NO4S. The molecule has 1 aliphatic heterocycles. The predicted molar refractivity (Wildman–Crippen MR) is 74.3 cm³/mol. The number of aliphatic hydroxyl groups is 3. The molecule has 3 N–H and O–H groups in total. The number of aliphatic hydroxyl groups excluding tert-OH is 3. The van der Waals surface area contributed by atoms with Crippen LogP contribution in [0.5, 0.6) is 0 Å². The third kappa shape index (κ3) is 2.36. The second kappa shape index (κ2) is 5.59. The monoisotopic (exact) mass is 293 g/mol. The van der Waals surface area contributed by atoms with Crippen molar-refractivity contribution in [3.05, 3.63) is 41.4 Å². The molecule has 0 radical (unpaired) electrons. The van der Waals surface area contributed by atoms with Gasteiger partial charge in [0.25, 0.3) is 0 Å². The van der Waals surface area contributed by atoms with Crippen LogP contribution in [0.4, 0.5) is 0 Å². The molecule has 6 heteroatoms. The van der Waals surface area contributed by atoms with E-state index in [9.17, 15) is 10.2 Å². The maximum atomic E-state index is 9.95. The van der Waals surface area contributed by atoms with Gasteiger partial charge in [-0.1, -0.05) is 12.1 Å². The van der Waals surface area contributed by atoms with Crippen LogP contribution < -0.4 is 0 Å². The minimum atomic E-state index is -1.08. The summed E-state index contributed by atoms with van der Waals surface area (Å²) in [5, 5.41) is 30.8. The van der Waals surface area contributed by atoms with Crippen molar-refractivity contribution in [2.24, 2.45) is 0 Å². The van der Waals surface area contributed by atoms with Crippen LogP contribution in [0.2, 0.25) is 0 Å². The lowest BCUT2D eigenvalue weighted by Crippen LogP contribution is -2.32. The van der Waals surface area contributed by atoms with Crippen molar-refractivity contribution in [2.45, 2.75) is 24.4 Å². The van der Waals surface area contributed by atoms with E-state index in [0.717, 1.165) is 10.6 Å². The average Bonchev–Trinajstić information content (AvgIpc) is 3.10. The molecular weight excluding hydrogens is 278 g/mol. The number of ether oxygens (including phenoxy) is 1. The number of rotatable bonds is 3. The van der Waals surface area contributed by atoms with E-state index in [0.29, 0.717) is 5.56 Å². The van der Waals surface area contributed by atoms with Gasteiger partial charge in [-0.25, -0.2) is 0 Å². The van der Waals surface area contributed by atoms with Gasteiger partial charge < -0.3 is 20.1 Å². The summed E-state index contributed by atoms with van der Waals surface area (Å²) in [6.45, 7) is -0.324. The van der Waals surface area contributed by atoms with Crippen LogP contribution in [0.3, 0.4) is 0 Å². The molecule has 0 spiro atoms. The zero-order chi connectivity index (χ0) is 14.1. The lowest BCUT2D eigenvalue weighted by molar-refractivity contribution is -0.0228. The molecule has 2 aromatic heterocycles. The zero-order valence-electron chi connectivity index (χ0n) is 10.6. The maximum absolute atomic E-state index is 9.95. The summed E-state index contributed by atoms with van der Waals surface area (Å²) in [5.41, 5.74) is 1.54. The highest BCUT2D eigenvalue weighted by Crippen LogP contribution is 2.34. The number of thiophene rings is 1. The van der Waals surface area contributed by atoms with Crippen molar-refractivity contribution in [1.29, 1.82) is 0 Å². The van der Waals surface area contributed by atoms with Crippen LogP contribution in [0, 0.1) is 0 Å². The number of pyridine rings is 1. The third-order valence-electron chi connectivity index (χ3n) is 3.43. The fourth-order valence-corrected chi connectivity index (χ4v) is 3.02. The van der Waals surface area contributed by atoms with Crippen LogP contribution in [0.25, 0.3) is 10.6 Å². The Kier molecular flexibility index (Phi) is 3.82. The van der Waals surface area contributed by atoms with Gasteiger partial charge in [-0.15, -0.1) is 11.3 Å². The minimum absolute atomic E-state index is 0.324. The van der Waals surface area contributed by atoms with Gasteiger partial charge in [0.05, 0.1) is 17.2 Å². The molecule has 5 nitrogen and oxygen atoms in total. The van der Waals surface area contributed by atoms with Gasteiger partial charge in [0.1, 0.15) is 24.4 Å². The van der Waals surface area contributed by atoms with Crippen LogP contribution in [-0.4, -0.2) is 45.2 Å². The molecule has 0 bridgehead atoms. The molecule has 0 aromatic carbocycles. The predicted octanol–water partition coefficient (Wildman–Crippen LogP) is 0.964. The smallest absolute Gasteiger partial charge is 0.113 e. The van der Waals surface area contributed by atoms with Gasteiger partial charge in [0.2, 0.25) is 0 Å². The Balaban J connectivity index is 1.82. The van der Waals surface area contributed by atoms with Gasteiger partial charge in [0.15, 0.2) is 0 Å². The Hall–Kier alpha value is -1.31. The molecule has 2 aromatic rings. The largest absolute Gasteiger partial charge is 0.394 e. The molecule has 1 fully saturated rings. The molecule has 0 aliphatic carbocycles. The fourth-order valence-electron chi connectivity index (χ4n) is 2.32. The molecule has 0 amide bonds. The van der Waals surface area contributed by atoms with Gasteiger partial charge in [-0.3, -0.25) is 4.98 Å². The van der Waals surface area contributed by atoms with Gasteiger partial charge in [-0.2, -0.15) is 0 Å². The van der Waals surface area contributed by atoms with E-state index in [2.05, 4.69) is 4.98 Å². The van der Waals surface area contributed by atoms with Crippen molar-refractivity contribution in [2.75, 3.05) is 6.61 Å². The highest BCUT2D eigenvalue weighted by molar-refractivity contribution is 7.13. The molecule has 4 atom stereocenters. The van der Waals surface area contributed by atoms with Gasteiger partial charge in [0, 0.05) is 11.8 Å². The average molecular weight is 293 g/mol. The summed E-state index contributed by atoms with van der Waals surface area (Å²) in [6.07, 6.45) is -1.92. The number of hydrogen-bond acceptors (Lipinski definition) is 6. The quantitative estimate of drug-likeness (QED) is 0.785. The van der Waals surface area contributed by atoms with Gasteiger partial charge in [-0.05, 0) is 17.5 Å². The SMILES string of the molecule is OC[C@H]1O[C@@H](c2ccc(-c3cccs3)nc2)[C@H](O)[C@@H]1O. The van der Waals surface area contributed by atoms with Crippen LogP contribution in [0.1, 0.15) is 11.7 Å². The second-order valence-corrected chi connectivity index (χ2v) is 5.66. The first kappa shape index (κ1) is 13.7. The zero-order valence-corrected chi connectivity index (χ0v) is 11.4. The summed E-state index contributed by atoms with van der Waals surface area (Å²) in [4.78, 5) is 5.42. The Bertz CT molecular complexity index is 557. The Morgan fingerprint density at radius 3 is 2.60 bits per heavy atom. The van der Waals surface area contributed by atoms with Crippen LogP contribution in [0.15, 0.2) is 35.8 Å². The molecule has 106 valence electrons. The van der Waals surface area contributed by atoms with E-state index in [1.54, 1.807) is 17.5 Å². The van der Waals surface area contributed by atoms with Crippen LogP contribution in [-0.2, 0) is 4.74 Å². The summed E-state index contributed by atoms with van der Waals surface area (Å²) in [7, 11) is 0. The fraction of sp³-hybridized carbons (Fsp3) is 0.357. The van der Waals surface area contributed by atoms with E-state index in [1.165, 1.54) is 0 Å². The molecule has 1 aliphatic rings. The Morgan fingerprint density at radius 2 is 2.05 bits per heavy atom. The van der Waals surface area contributed by atoms with E-state index in [1.807, 2.05) is 29.6 Å². The topological polar surface area (TPSA) is 82.8 Å². The second-order valence-electron chi connectivity index (χ2n) is 4.71. The van der Waals surface area contributed by atoms with E-state index in [4.69, 9.17) is 9.84 Å². The summed E-state index contributed by atoms with van der Waals surface area (Å²) >= 11 is 1.60. The summed E-state index contributed by atoms with van der Waals surface area (Å²) in [6, 6.07) is 7.62. The highest BCUT2D eigenvalue weighted by Gasteiger charge is 2.43. The first-order chi connectivity index (χ1) is 9.70.